The fourth-order valence-electron chi connectivity index (χ4n) is 4.08. The van der Waals surface area contributed by atoms with Gasteiger partial charge in [-0.1, -0.05) is 52.6 Å². The summed E-state index contributed by atoms with van der Waals surface area (Å²) in [6, 6.07) is 21.5. The number of carbonyl (C=O) groups excluding carboxylic acids is 1. The lowest BCUT2D eigenvalue weighted by atomic mass is 9.94. The number of halogens is 2. The number of allylic oxidation sites excluding steroid dienone is 1. The van der Waals surface area contributed by atoms with E-state index in [0.717, 1.165) is 22.4 Å². The van der Waals surface area contributed by atoms with E-state index in [4.69, 9.17) is 27.7 Å². The van der Waals surface area contributed by atoms with Crippen LogP contribution in [0, 0.1) is 6.92 Å². The highest BCUT2D eigenvalue weighted by atomic mass is 35.5. The second-order valence-electron chi connectivity index (χ2n) is 8.04. The zero-order valence-corrected chi connectivity index (χ0v) is 19.9. The predicted molar refractivity (Wildman–Crippen MR) is 134 cm³/mol. The summed E-state index contributed by atoms with van der Waals surface area (Å²) < 4.78 is 5.72. The third-order valence-corrected chi connectivity index (χ3v) is 6.17. The average molecular weight is 491 g/mol. The van der Waals surface area contributed by atoms with Gasteiger partial charge in [0, 0.05) is 21.3 Å². The zero-order chi connectivity index (χ0) is 23.8. The molecule has 1 aromatic heterocycles. The fourth-order valence-corrected chi connectivity index (χ4v) is 4.41. The summed E-state index contributed by atoms with van der Waals surface area (Å²) >= 11 is 12.3. The number of aryl methyl sites for hydroxylation is 1. The van der Waals surface area contributed by atoms with Crippen LogP contribution < -0.4 is 10.2 Å². The lowest BCUT2D eigenvalue weighted by Crippen LogP contribution is -2.46. The number of hydrogen-bond donors (Lipinski definition) is 1. The van der Waals surface area contributed by atoms with Crippen molar-refractivity contribution in [2.45, 2.75) is 19.9 Å². The molecule has 1 unspecified atom stereocenters. The van der Waals surface area contributed by atoms with Crippen molar-refractivity contribution >= 4 is 40.5 Å². The lowest BCUT2D eigenvalue weighted by molar-refractivity contribution is 0.244. The molecule has 170 valence electrons. The largest absolute Gasteiger partial charge is 0.334 e. The first-order chi connectivity index (χ1) is 16.4. The minimum atomic E-state index is -0.522. The van der Waals surface area contributed by atoms with E-state index >= 15 is 0 Å². The van der Waals surface area contributed by atoms with Crippen LogP contribution in [0.3, 0.4) is 0 Å². The van der Waals surface area contributed by atoms with Gasteiger partial charge in [-0.25, -0.2) is 4.79 Å². The standard InChI is InChI=1S/C26H20Cl2N4O2/c1-15-5-3-8-21(13-15)32-16(2)22(23(29-26(32)33)18-6-4-7-20(28)14-18)25-30-24(31-34-25)17-9-11-19(27)12-10-17/h3-14,23H,1-2H3,(H,29,33). The Labute approximate surface area is 206 Å². The lowest BCUT2D eigenvalue weighted by Gasteiger charge is -2.35. The fraction of sp³-hybridized carbons (Fsp3) is 0.115. The molecule has 5 rings (SSSR count). The molecule has 2 amide bonds. The van der Waals surface area contributed by atoms with Gasteiger partial charge in [0.1, 0.15) is 0 Å². The molecule has 3 aromatic carbocycles. The number of nitrogens with one attached hydrogen (secondary N) is 1. The summed E-state index contributed by atoms with van der Waals surface area (Å²) in [5.74, 6) is 0.737. The number of hydrogen-bond acceptors (Lipinski definition) is 4. The summed E-state index contributed by atoms with van der Waals surface area (Å²) in [7, 11) is 0. The van der Waals surface area contributed by atoms with Gasteiger partial charge in [-0.15, -0.1) is 0 Å². The van der Waals surface area contributed by atoms with E-state index in [1.807, 2.05) is 68.4 Å². The maximum absolute atomic E-state index is 13.3. The van der Waals surface area contributed by atoms with Crippen molar-refractivity contribution in [3.63, 3.8) is 0 Å². The van der Waals surface area contributed by atoms with E-state index in [0.29, 0.717) is 33.0 Å². The maximum atomic E-state index is 13.3. The van der Waals surface area contributed by atoms with Crippen molar-refractivity contribution in [2.24, 2.45) is 0 Å². The average Bonchev–Trinajstić information content (AvgIpc) is 3.29. The molecule has 0 fully saturated rings. The van der Waals surface area contributed by atoms with Crippen LogP contribution in [-0.2, 0) is 0 Å². The van der Waals surface area contributed by atoms with E-state index in [9.17, 15) is 4.79 Å². The molecule has 1 atom stereocenters. The van der Waals surface area contributed by atoms with Crippen LogP contribution in [0.2, 0.25) is 10.0 Å². The normalized spacial score (nSPS) is 16.1. The van der Waals surface area contributed by atoms with Crippen molar-refractivity contribution < 1.29 is 9.32 Å². The van der Waals surface area contributed by atoms with E-state index in [-0.39, 0.29) is 6.03 Å². The molecule has 0 radical (unpaired) electrons. The Balaban J connectivity index is 1.66. The Morgan fingerprint density at radius 2 is 1.71 bits per heavy atom. The summed E-state index contributed by atoms with van der Waals surface area (Å²) in [5, 5.41) is 8.46. The molecule has 6 nitrogen and oxygen atoms in total. The molecular weight excluding hydrogens is 471 g/mol. The van der Waals surface area contributed by atoms with Crippen LogP contribution in [0.5, 0.6) is 0 Å². The van der Waals surface area contributed by atoms with Gasteiger partial charge in [0.15, 0.2) is 0 Å². The second kappa shape index (κ2) is 8.97. The number of aromatic nitrogens is 2. The minimum Gasteiger partial charge on any atom is -0.334 e. The topological polar surface area (TPSA) is 71.3 Å². The third-order valence-electron chi connectivity index (χ3n) is 5.69. The number of benzene rings is 3. The van der Waals surface area contributed by atoms with Crippen LogP contribution in [0.25, 0.3) is 17.0 Å². The molecule has 0 saturated heterocycles. The molecule has 1 aliphatic heterocycles. The molecule has 1 N–H and O–H groups in total. The van der Waals surface area contributed by atoms with Gasteiger partial charge in [-0.05, 0) is 73.5 Å². The Bertz CT molecular complexity index is 1410. The number of rotatable bonds is 4. The highest BCUT2D eigenvalue weighted by Crippen LogP contribution is 2.39. The molecule has 0 spiro atoms. The van der Waals surface area contributed by atoms with Gasteiger partial charge in [-0.2, -0.15) is 4.98 Å². The number of urea groups is 1. The Morgan fingerprint density at radius 3 is 2.44 bits per heavy atom. The van der Waals surface area contributed by atoms with Crippen molar-refractivity contribution in [3.05, 3.63) is 106 Å². The molecule has 4 aromatic rings. The van der Waals surface area contributed by atoms with Crippen LogP contribution in [0.4, 0.5) is 10.5 Å². The first kappa shape index (κ1) is 22.2. The highest BCUT2D eigenvalue weighted by Gasteiger charge is 2.36. The van der Waals surface area contributed by atoms with Crippen LogP contribution >= 0.6 is 23.2 Å². The van der Waals surface area contributed by atoms with E-state index in [1.165, 1.54) is 0 Å². The first-order valence-corrected chi connectivity index (χ1v) is 11.4. The van der Waals surface area contributed by atoms with Crippen molar-refractivity contribution in [3.8, 4) is 11.4 Å². The third kappa shape index (κ3) is 4.18. The second-order valence-corrected chi connectivity index (χ2v) is 8.91. The van der Waals surface area contributed by atoms with Crippen molar-refractivity contribution in [1.82, 2.24) is 15.5 Å². The first-order valence-electron chi connectivity index (χ1n) is 10.6. The zero-order valence-electron chi connectivity index (χ0n) is 18.4. The van der Waals surface area contributed by atoms with E-state index < -0.39 is 6.04 Å². The highest BCUT2D eigenvalue weighted by molar-refractivity contribution is 6.31. The molecule has 1 aliphatic rings. The van der Waals surface area contributed by atoms with Gasteiger partial charge >= 0.3 is 6.03 Å². The molecule has 0 aliphatic carbocycles. The van der Waals surface area contributed by atoms with Gasteiger partial charge in [0.2, 0.25) is 5.82 Å². The minimum absolute atomic E-state index is 0.255. The quantitative estimate of drug-likeness (QED) is 0.332. The number of nitrogens with zero attached hydrogens (tertiary/aromatic N) is 3. The summed E-state index contributed by atoms with van der Waals surface area (Å²) in [4.78, 5) is 19.6. The van der Waals surface area contributed by atoms with E-state index in [1.54, 1.807) is 23.1 Å². The SMILES string of the molecule is CC1=C(c2nc(-c3ccc(Cl)cc3)no2)C(c2cccc(Cl)c2)NC(=O)N1c1cccc(C)c1. The van der Waals surface area contributed by atoms with Crippen LogP contribution in [0.15, 0.2) is 83.0 Å². The molecule has 2 heterocycles. The molecule has 0 saturated carbocycles. The van der Waals surface area contributed by atoms with Crippen molar-refractivity contribution in [2.75, 3.05) is 4.90 Å². The summed E-state index contributed by atoms with van der Waals surface area (Å²) in [5.41, 5.74) is 4.74. The summed E-state index contributed by atoms with van der Waals surface area (Å²) in [6.45, 7) is 3.86. The number of anilines is 1. The molecule has 0 bridgehead atoms. The molecule has 8 heteroatoms. The maximum Gasteiger partial charge on any atom is 0.326 e. The van der Waals surface area contributed by atoms with Crippen LogP contribution in [0.1, 0.15) is 30.0 Å². The van der Waals surface area contributed by atoms with Gasteiger partial charge in [0.05, 0.1) is 17.3 Å². The van der Waals surface area contributed by atoms with Gasteiger partial charge < -0.3 is 9.84 Å². The van der Waals surface area contributed by atoms with Gasteiger partial charge in [-0.3, -0.25) is 4.90 Å². The van der Waals surface area contributed by atoms with Gasteiger partial charge in [0.25, 0.3) is 5.89 Å². The number of carbonyl (C=O) groups is 1. The molecular formula is C26H20Cl2N4O2. The Kier molecular flexibility index (Phi) is 5.86. The van der Waals surface area contributed by atoms with Crippen LogP contribution in [-0.4, -0.2) is 16.2 Å². The summed E-state index contributed by atoms with van der Waals surface area (Å²) in [6.07, 6.45) is 0. The Morgan fingerprint density at radius 1 is 0.941 bits per heavy atom. The van der Waals surface area contributed by atoms with Crippen molar-refractivity contribution in [1.29, 1.82) is 0 Å². The predicted octanol–water partition coefficient (Wildman–Crippen LogP) is 7.05. The monoisotopic (exact) mass is 490 g/mol. The van der Waals surface area contributed by atoms with E-state index in [2.05, 4.69) is 15.5 Å². The Hall–Kier alpha value is -3.61. The smallest absolute Gasteiger partial charge is 0.326 e. The number of amides is 2. The molecule has 34 heavy (non-hydrogen) atoms.